The third-order valence-corrected chi connectivity index (χ3v) is 2.81. The highest BCUT2D eigenvalue weighted by molar-refractivity contribution is 5.77. The fraction of sp³-hybridized carbons (Fsp3) is 0.357. The first-order valence-corrected chi connectivity index (χ1v) is 5.82. The van der Waals surface area contributed by atoms with Crippen LogP contribution in [0, 0.1) is 11.3 Å². The fourth-order valence-electron chi connectivity index (χ4n) is 1.81. The molecular weight excluding hydrogens is 244 g/mol. The van der Waals surface area contributed by atoms with Crippen molar-refractivity contribution < 1.29 is 14.2 Å². The van der Waals surface area contributed by atoms with Crippen LogP contribution in [-0.2, 0) is 0 Å². The van der Waals surface area contributed by atoms with Crippen LogP contribution in [0.3, 0.4) is 0 Å². The average Bonchev–Trinajstić information content (AvgIpc) is 2.46. The zero-order valence-corrected chi connectivity index (χ0v) is 11.6. The molecule has 0 aromatic heterocycles. The Hall–Kier alpha value is -2.35. The van der Waals surface area contributed by atoms with Gasteiger partial charge in [0, 0.05) is 5.56 Å². The average molecular weight is 262 g/mol. The van der Waals surface area contributed by atoms with Gasteiger partial charge in [0.2, 0.25) is 5.75 Å². The minimum atomic E-state index is 0.391. The maximum absolute atomic E-state index is 9.06. The molecule has 0 radical (unpaired) electrons. The van der Waals surface area contributed by atoms with Gasteiger partial charge in [-0.05, 0) is 18.6 Å². The lowest BCUT2D eigenvalue weighted by molar-refractivity contribution is 0.324. The summed E-state index contributed by atoms with van der Waals surface area (Å²) < 4.78 is 15.8. The summed E-state index contributed by atoms with van der Waals surface area (Å²) in [7, 11) is 4.59. The number of nitrogens with zero attached hydrogens (tertiary/aromatic N) is 1. The molecule has 0 unspecified atom stereocenters. The molecular formula is C14H18N2O3. The normalized spacial score (nSPS) is 11.3. The maximum atomic E-state index is 9.06. The Kier molecular flexibility index (Phi) is 5.07. The van der Waals surface area contributed by atoms with Crippen LogP contribution in [0.5, 0.6) is 17.2 Å². The zero-order valence-electron chi connectivity index (χ0n) is 11.6. The van der Waals surface area contributed by atoms with Crippen LogP contribution >= 0.6 is 0 Å². The third kappa shape index (κ3) is 2.74. The summed E-state index contributed by atoms with van der Waals surface area (Å²) in [5.74, 6) is 1.46. The number of nitrogens with two attached hydrogens (primary N) is 1. The molecule has 1 aromatic rings. The largest absolute Gasteiger partial charge is 0.493 e. The molecule has 102 valence electrons. The predicted octanol–water partition coefficient (Wildman–Crippen LogP) is 2.32. The van der Waals surface area contributed by atoms with Gasteiger partial charge in [0.1, 0.15) is 0 Å². The number of rotatable bonds is 5. The standard InChI is InChI=1S/C14H18N2O3/c1-5-9(8-15)12(16)10-6-7-11(17-2)14(19-4)13(10)18-3/h6-7H,5,16H2,1-4H3/b12-9-. The summed E-state index contributed by atoms with van der Waals surface area (Å²) in [6.45, 7) is 1.87. The lowest BCUT2D eigenvalue weighted by Gasteiger charge is -2.16. The molecule has 1 rings (SSSR count). The van der Waals surface area contributed by atoms with Crippen molar-refractivity contribution in [3.05, 3.63) is 23.3 Å². The van der Waals surface area contributed by atoms with E-state index >= 15 is 0 Å². The SMILES string of the molecule is CC/C(C#N)=C(/N)c1ccc(OC)c(OC)c1OC. The Morgan fingerprint density at radius 3 is 2.21 bits per heavy atom. The lowest BCUT2D eigenvalue weighted by atomic mass is 10.0. The first-order chi connectivity index (χ1) is 9.14. The Balaban J connectivity index is 3.54. The number of benzene rings is 1. The summed E-state index contributed by atoms with van der Waals surface area (Å²) >= 11 is 0. The van der Waals surface area contributed by atoms with Gasteiger partial charge in [-0.3, -0.25) is 0 Å². The monoisotopic (exact) mass is 262 g/mol. The molecule has 0 spiro atoms. The molecule has 0 saturated heterocycles. The van der Waals surface area contributed by atoms with Crippen molar-refractivity contribution in [1.82, 2.24) is 0 Å². The molecule has 5 nitrogen and oxygen atoms in total. The van der Waals surface area contributed by atoms with Crippen molar-refractivity contribution in [3.8, 4) is 23.3 Å². The van der Waals surface area contributed by atoms with Gasteiger partial charge in [0.25, 0.3) is 0 Å². The Morgan fingerprint density at radius 1 is 1.16 bits per heavy atom. The van der Waals surface area contributed by atoms with Crippen LogP contribution in [0.15, 0.2) is 17.7 Å². The minimum absolute atomic E-state index is 0.391. The molecule has 5 heteroatoms. The van der Waals surface area contributed by atoms with E-state index in [4.69, 9.17) is 25.2 Å². The van der Waals surface area contributed by atoms with Gasteiger partial charge in [-0.1, -0.05) is 6.92 Å². The molecule has 19 heavy (non-hydrogen) atoms. The van der Waals surface area contributed by atoms with E-state index in [0.717, 1.165) is 0 Å². The summed E-state index contributed by atoms with van der Waals surface area (Å²) in [6, 6.07) is 5.58. The van der Waals surface area contributed by atoms with Crippen LogP contribution in [0.4, 0.5) is 0 Å². The van der Waals surface area contributed by atoms with E-state index in [1.165, 1.54) is 14.2 Å². The van der Waals surface area contributed by atoms with Gasteiger partial charge in [-0.2, -0.15) is 5.26 Å². The van der Waals surface area contributed by atoms with Gasteiger partial charge in [0.15, 0.2) is 11.5 Å². The zero-order chi connectivity index (χ0) is 14.4. The summed E-state index contributed by atoms with van der Waals surface area (Å²) in [6.07, 6.45) is 0.555. The molecule has 0 aliphatic rings. The second kappa shape index (κ2) is 6.55. The van der Waals surface area contributed by atoms with E-state index < -0.39 is 0 Å². The molecule has 0 aliphatic heterocycles. The molecule has 0 atom stereocenters. The van der Waals surface area contributed by atoms with Gasteiger partial charge in [-0.15, -0.1) is 0 Å². The van der Waals surface area contributed by atoms with E-state index in [9.17, 15) is 0 Å². The topological polar surface area (TPSA) is 77.5 Å². The second-order valence-corrected chi connectivity index (χ2v) is 3.74. The molecule has 0 heterocycles. The lowest BCUT2D eigenvalue weighted by Crippen LogP contribution is -2.05. The highest BCUT2D eigenvalue weighted by Gasteiger charge is 2.18. The fourth-order valence-corrected chi connectivity index (χ4v) is 1.81. The first-order valence-electron chi connectivity index (χ1n) is 5.82. The Morgan fingerprint density at radius 2 is 1.79 bits per heavy atom. The molecule has 0 saturated carbocycles. The van der Waals surface area contributed by atoms with Gasteiger partial charge >= 0.3 is 0 Å². The van der Waals surface area contributed by atoms with Crippen LogP contribution in [0.2, 0.25) is 0 Å². The van der Waals surface area contributed by atoms with Crippen molar-refractivity contribution in [2.24, 2.45) is 5.73 Å². The summed E-state index contributed by atoms with van der Waals surface area (Å²) in [5, 5.41) is 9.06. The van der Waals surface area contributed by atoms with Crippen LogP contribution in [-0.4, -0.2) is 21.3 Å². The van der Waals surface area contributed by atoms with Gasteiger partial charge in [0.05, 0.1) is 38.7 Å². The molecule has 0 fully saturated rings. The van der Waals surface area contributed by atoms with E-state index in [2.05, 4.69) is 6.07 Å². The number of allylic oxidation sites excluding steroid dienone is 1. The second-order valence-electron chi connectivity index (χ2n) is 3.74. The third-order valence-electron chi connectivity index (χ3n) is 2.81. The predicted molar refractivity (Wildman–Crippen MR) is 73.1 cm³/mol. The number of nitriles is 1. The number of methoxy groups -OCH3 is 3. The number of ether oxygens (including phenoxy) is 3. The van der Waals surface area contributed by atoms with Crippen LogP contribution < -0.4 is 19.9 Å². The Labute approximate surface area is 113 Å². The van der Waals surface area contributed by atoms with E-state index in [-0.39, 0.29) is 0 Å². The Bertz CT molecular complexity index is 530. The van der Waals surface area contributed by atoms with Crippen molar-refractivity contribution in [3.63, 3.8) is 0 Å². The van der Waals surface area contributed by atoms with Gasteiger partial charge in [-0.25, -0.2) is 0 Å². The summed E-state index contributed by atoms with van der Waals surface area (Å²) in [5.41, 5.74) is 7.55. The summed E-state index contributed by atoms with van der Waals surface area (Å²) in [4.78, 5) is 0. The highest BCUT2D eigenvalue weighted by atomic mass is 16.5. The smallest absolute Gasteiger partial charge is 0.203 e. The van der Waals surface area contributed by atoms with Gasteiger partial charge < -0.3 is 19.9 Å². The minimum Gasteiger partial charge on any atom is -0.493 e. The number of hydrogen-bond acceptors (Lipinski definition) is 5. The van der Waals surface area contributed by atoms with Crippen molar-refractivity contribution >= 4 is 5.70 Å². The number of hydrogen-bond donors (Lipinski definition) is 1. The molecule has 0 bridgehead atoms. The molecule has 0 aliphatic carbocycles. The quantitative estimate of drug-likeness (QED) is 0.824. The molecule has 2 N–H and O–H groups in total. The van der Waals surface area contributed by atoms with E-state index in [1.807, 2.05) is 6.92 Å². The maximum Gasteiger partial charge on any atom is 0.203 e. The van der Waals surface area contributed by atoms with Crippen molar-refractivity contribution in [2.75, 3.05) is 21.3 Å². The highest BCUT2D eigenvalue weighted by Crippen LogP contribution is 2.41. The first kappa shape index (κ1) is 14.7. The molecule has 1 aromatic carbocycles. The molecule has 0 amide bonds. The van der Waals surface area contributed by atoms with E-state index in [0.29, 0.717) is 40.5 Å². The van der Waals surface area contributed by atoms with Crippen molar-refractivity contribution in [2.45, 2.75) is 13.3 Å². The van der Waals surface area contributed by atoms with Crippen LogP contribution in [0.1, 0.15) is 18.9 Å². The van der Waals surface area contributed by atoms with Crippen LogP contribution in [0.25, 0.3) is 5.70 Å². The van der Waals surface area contributed by atoms with E-state index in [1.54, 1.807) is 19.2 Å². The van der Waals surface area contributed by atoms with Crippen molar-refractivity contribution in [1.29, 1.82) is 5.26 Å².